The molecule has 17 heavy (non-hydrogen) atoms. The van der Waals surface area contributed by atoms with E-state index in [-0.39, 0.29) is 11.8 Å². The Morgan fingerprint density at radius 2 is 2.12 bits per heavy atom. The van der Waals surface area contributed by atoms with Crippen LogP contribution in [0, 0.1) is 0 Å². The van der Waals surface area contributed by atoms with E-state index < -0.39 is 0 Å². The van der Waals surface area contributed by atoms with Crippen molar-refractivity contribution in [3.05, 3.63) is 42.2 Å². The molecule has 88 valence electrons. The molecule has 0 aliphatic rings. The first kappa shape index (κ1) is 11.7. The highest BCUT2D eigenvalue weighted by Crippen LogP contribution is 2.18. The minimum absolute atomic E-state index is 0.0559. The maximum absolute atomic E-state index is 11.0. The Morgan fingerprint density at radius 1 is 1.35 bits per heavy atom. The molecular formula is C12H11ClN2O2. The summed E-state index contributed by atoms with van der Waals surface area (Å²) in [5, 5.41) is 6.54. The lowest BCUT2D eigenvalue weighted by Crippen LogP contribution is -2.23. The molecule has 2 rings (SSSR count). The van der Waals surface area contributed by atoms with Gasteiger partial charge in [0.2, 0.25) is 5.91 Å². The molecule has 0 saturated carbocycles. The second kappa shape index (κ2) is 5.50. The zero-order chi connectivity index (χ0) is 12.1. The van der Waals surface area contributed by atoms with Crippen molar-refractivity contribution in [1.29, 1.82) is 0 Å². The summed E-state index contributed by atoms with van der Waals surface area (Å²) in [7, 11) is 0. The van der Waals surface area contributed by atoms with Crippen LogP contribution in [0.5, 0.6) is 0 Å². The summed E-state index contributed by atoms with van der Waals surface area (Å²) in [6, 6.07) is 11.5. The van der Waals surface area contributed by atoms with Crippen LogP contribution in [0.25, 0.3) is 11.3 Å². The Labute approximate surface area is 104 Å². The van der Waals surface area contributed by atoms with Crippen molar-refractivity contribution >= 4 is 17.5 Å². The molecule has 2 aromatic rings. The van der Waals surface area contributed by atoms with Crippen LogP contribution in [-0.4, -0.2) is 16.9 Å². The van der Waals surface area contributed by atoms with Gasteiger partial charge in [0.1, 0.15) is 11.6 Å². The van der Waals surface area contributed by atoms with Gasteiger partial charge >= 0.3 is 0 Å². The summed E-state index contributed by atoms with van der Waals surface area (Å²) in [4.78, 5) is 11.0. The largest absolute Gasteiger partial charge is 0.359 e. The molecule has 0 saturated heterocycles. The Bertz CT molecular complexity index is 496. The molecule has 1 aromatic heterocycles. The Balaban J connectivity index is 2.04. The van der Waals surface area contributed by atoms with Crippen molar-refractivity contribution < 1.29 is 9.32 Å². The fourth-order valence-corrected chi connectivity index (χ4v) is 1.47. The van der Waals surface area contributed by atoms with Gasteiger partial charge in [0.25, 0.3) is 0 Å². The van der Waals surface area contributed by atoms with E-state index in [4.69, 9.17) is 16.1 Å². The van der Waals surface area contributed by atoms with Crippen molar-refractivity contribution in [2.45, 2.75) is 6.54 Å². The minimum Gasteiger partial charge on any atom is -0.359 e. The van der Waals surface area contributed by atoms with Gasteiger partial charge in [-0.05, 0) is 0 Å². The zero-order valence-electron chi connectivity index (χ0n) is 9.02. The van der Waals surface area contributed by atoms with Crippen LogP contribution in [-0.2, 0) is 11.3 Å². The molecule has 1 heterocycles. The second-order valence-corrected chi connectivity index (χ2v) is 3.72. The molecule has 1 amide bonds. The van der Waals surface area contributed by atoms with E-state index in [0.717, 1.165) is 11.3 Å². The van der Waals surface area contributed by atoms with Crippen LogP contribution in [0.2, 0.25) is 0 Å². The molecule has 4 nitrogen and oxygen atoms in total. The summed E-state index contributed by atoms with van der Waals surface area (Å²) >= 11 is 5.36. The third-order valence-electron chi connectivity index (χ3n) is 2.21. The van der Waals surface area contributed by atoms with Gasteiger partial charge in [-0.2, -0.15) is 0 Å². The average molecular weight is 251 g/mol. The molecule has 0 atom stereocenters. The van der Waals surface area contributed by atoms with Gasteiger partial charge in [-0.15, -0.1) is 11.6 Å². The lowest BCUT2D eigenvalue weighted by Gasteiger charge is -1.97. The first-order valence-electron chi connectivity index (χ1n) is 5.13. The van der Waals surface area contributed by atoms with Crippen LogP contribution in [0.4, 0.5) is 0 Å². The van der Waals surface area contributed by atoms with Crippen LogP contribution in [0.15, 0.2) is 40.9 Å². The molecule has 0 bridgehead atoms. The number of aromatic nitrogens is 1. The minimum atomic E-state index is -0.232. The van der Waals surface area contributed by atoms with Crippen molar-refractivity contribution in [3.63, 3.8) is 0 Å². The van der Waals surface area contributed by atoms with Crippen LogP contribution in [0.1, 0.15) is 5.76 Å². The number of halogens is 1. The summed E-state index contributed by atoms with van der Waals surface area (Å²) in [5.74, 6) is 0.311. The van der Waals surface area contributed by atoms with Crippen LogP contribution >= 0.6 is 11.6 Å². The van der Waals surface area contributed by atoms with E-state index in [9.17, 15) is 4.79 Å². The van der Waals surface area contributed by atoms with Crippen molar-refractivity contribution in [1.82, 2.24) is 10.5 Å². The standard InChI is InChI=1S/C12H11ClN2O2/c13-7-12(16)14-8-10-6-11(15-17-10)9-4-2-1-3-5-9/h1-6H,7-8H2,(H,14,16). The summed E-state index contributed by atoms with van der Waals surface area (Å²) in [6.45, 7) is 0.297. The van der Waals surface area contributed by atoms with Crippen molar-refractivity contribution in [2.75, 3.05) is 5.88 Å². The van der Waals surface area contributed by atoms with Crippen molar-refractivity contribution in [3.8, 4) is 11.3 Å². The highest BCUT2D eigenvalue weighted by molar-refractivity contribution is 6.27. The van der Waals surface area contributed by atoms with E-state index in [1.165, 1.54) is 0 Å². The number of nitrogens with one attached hydrogen (secondary N) is 1. The number of carbonyl (C=O) groups is 1. The lowest BCUT2D eigenvalue weighted by molar-refractivity contribution is -0.118. The fraction of sp³-hybridized carbons (Fsp3) is 0.167. The van der Waals surface area contributed by atoms with Gasteiger partial charge in [0.05, 0.1) is 6.54 Å². The molecule has 1 N–H and O–H groups in total. The third kappa shape index (κ3) is 3.07. The molecule has 0 unspecified atom stereocenters. The van der Waals surface area contributed by atoms with Crippen molar-refractivity contribution in [2.24, 2.45) is 0 Å². The Morgan fingerprint density at radius 3 is 2.82 bits per heavy atom. The number of hydrogen-bond donors (Lipinski definition) is 1. The van der Waals surface area contributed by atoms with E-state index in [2.05, 4.69) is 10.5 Å². The smallest absolute Gasteiger partial charge is 0.235 e. The Kier molecular flexibility index (Phi) is 3.77. The predicted octanol–water partition coefficient (Wildman–Crippen LogP) is 2.20. The highest BCUT2D eigenvalue weighted by atomic mass is 35.5. The summed E-state index contributed by atoms with van der Waals surface area (Å²) in [5.41, 5.74) is 1.73. The van der Waals surface area contributed by atoms with Gasteiger partial charge in [-0.3, -0.25) is 4.79 Å². The van der Waals surface area contributed by atoms with E-state index >= 15 is 0 Å². The van der Waals surface area contributed by atoms with Gasteiger partial charge in [0.15, 0.2) is 5.76 Å². The Hall–Kier alpha value is -1.81. The molecule has 1 aromatic carbocycles. The normalized spacial score (nSPS) is 10.2. The van der Waals surface area contributed by atoms with Crippen LogP contribution < -0.4 is 5.32 Å². The fourth-order valence-electron chi connectivity index (χ4n) is 1.37. The number of nitrogens with zero attached hydrogens (tertiary/aromatic N) is 1. The van der Waals surface area contributed by atoms with Gasteiger partial charge < -0.3 is 9.84 Å². The summed E-state index contributed by atoms with van der Waals surface area (Å²) in [6.07, 6.45) is 0. The first-order chi connectivity index (χ1) is 8.29. The first-order valence-corrected chi connectivity index (χ1v) is 5.66. The molecule has 0 aliphatic heterocycles. The van der Waals surface area contributed by atoms with E-state index in [1.807, 2.05) is 30.3 Å². The maximum atomic E-state index is 11.0. The van der Waals surface area contributed by atoms with Gasteiger partial charge in [-0.1, -0.05) is 35.5 Å². The summed E-state index contributed by atoms with van der Waals surface area (Å²) < 4.78 is 5.11. The molecular weight excluding hydrogens is 240 g/mol. The third-order valence-corrected chi connectivity index (χ3v) is 2.45. The van der Waals surface area contributed by atoms with E-state index in [0.29, 0.717) is 12.3 Å². The monoisotopic (exact) mass is 250 g/mol. The second-order valence-electron chi connectivity index (χ2n) is 3.45. The topological polar surface area (TPSA) is 55.1 Å². The quantitative estimate of drug-likeness (QED) is 0.847. The highest BCUT2D eigenvalue weighted by Gasteiger charge is 2.07. The SMILES string of the molecule is O=C(CCl)NCc1cc(-c2ccccc2)no1. The van der Waals surface area contributed by atoms with Gasteiger partial charge in [0, 0.05) is 11.6 Å². The number of benzene rings is 1. The molecule has 0 aliphatic carbocycles. The molecule has 0 spiro atoms. The number of hydrogen-bond acceptors (Lipinski definition) is 3. The number of carbonyl (C=O) groups excluding carboxylic acids is 1. The lowest BCUT2D eigenvalue weighted by atomic mass is 10.1. The van der Waals surface area contributed by atoms with Crippen LogP contribution in [0.3, 0.4) is 0 Å². The molecule has 0 fully saturated rings. The molecule has 0 radical (unpaired) electrons. The van der Waals surface area contributed by atoms with E-state index in [1.54, 1.807) is 6.07 Å². The zero-order valence-corrected chi connectivity index (χ0v) is 9.78. The number of alkyl halides is 1. The molecule has 5 heteroatoms. The van der Waals surface area contributed by atoms with Gasteiger partial charge in [-0.25, -0.2) is 0 Å². The maximum Gasteiger partial charge on any atom is 0.235 e. The number of rotatable bonds is 4. The number of amides is 1. The predicted molar refractivity (Wildman–Crippen MR) is 64.5 cm³/mol. The average Bonchev–Trinajstić information content (AvgIpc) is 2.86.